The largest absolute Gasteiger partial charge is 0.299 e. The van der Waals surface area contributed by atoms with E-state index < -0.39 is 0 Å². The predicted molar refractivity (Wildman–Crippen MR) is 44.9 cm³/mol. The second-order valence-electron chi connectivity index (χ2n) is 4.71. The van der Waals surface area contributed by atoms with Crippen molar-refractivity contribution in [2.75, 3.05) is 0 Å². The summed E-state index contributed by atoms with van der Waals surface area (Å²) in [6.07, 6.45) is 6.41. The van der Waals surface area contributed by atoms with E-state index in [2.05, 4.69) is 0 Å². The molecule has 0 spiro atoms. The van der Waals surface area contributed by atoms with Crippen LogP contribution in [0.3, 0.4) is 0 Å². The van der Waals surface area contributed by atoms with Crippen molar-refractivity contribution in [3.63, 3.8) is 0 Å². The molecule has 0 N–H and O–H groups in total. The van der Waals surface area contributed by atoms with Crippen LogP contribution in [0.15, 0.2) is 0 Å². The van der Waals surface area contributed by atoms with Gasteiger partial charge in [0.25, 0.3) is 0 Å². The molecule has 1 saturated carbocycles. The van der Waals surface area contributed by atoms with E-state index in [4.69, 9.17) is 0 Å². The number of ketones is 1. The standard InChI is InChI=1S/C9H13BO/c11-9-7-1-6-2-8(9)5-10(3-6)4-7/h6-8H,1-5H2/t6?,7-,8+. The summed E-state index contributed by atoms with van der Waals surface area (Å²) in [5, 5.41) is 0. The van der Waals surface area contributed by atoms with Crippen molar-refractivity contribution in [1.29, 1.82) is 0 Å². The fourth-order valence-electron chi connectivity index (χ4n) is 3.65. The summed E-state index contributed by atoms with van der Waals surface area (Å²) in [6.45, 7) is 0.940. The molecule has 0 amide bonds. The van der Waals surface area contributed by atoms with Crippen LogP contribution >= 0.6 is 0 Å². The average Bonchev–Trinajstić information content (AvgIpc) is 1.98. The molecule has 1 nitrogen and oxygen atoms in total. The van der Waals surface area contributed by atoms with Crippen molar-refractivity contribution in [3.05, 3.63) is 0 Å². The summed E-state index contributed by atoms with van der Waals surface area (Å²) in [5.74, 6) is 2.57. The van der Waals surface area contributed by atoms with E-state index in [1.54, 1.807) is 0 Å². The molecule has 3 heterocycles. The number of Topliss-reactive ketones (excluding diaryl/α,β-unsaturated/α-hetero) is 1. The lowest BCUT2D eigenvalue weighted by Crippen LogP contribution is -2.48. The topological polar surface area (TPSA) is 17.1 Å². The van der Waals surface area contributed by atoms with Crippen LogP contribution in [0.2, 0.25) is 19.0 Å². The summed E-state index contributed by atoms with van der Waals surface area (Å²) >= 11 is 0. The molecule has 3 atom stereocenters. The summed E-state index contributed by atoms with van der Waals surface area (Å²) in [7, 11) is 0. The van der Waals surface area contributed by atoms with Gasteiger partial charge in [0.2, 0.25) is 0 Å². The molecule has 1 aliphatic carbocycles. The minimum Gasteiger partial charge on any atom is -0.299 e. The van der Waals surface area contributed by atoms with Crippen LogP contribution in [0.25, 0.3) is 0 Å². The number of hydrogen-bond donors (Lipinski definition) is 0. The maximum atomic E-state index is 11.6. The Kier molecular flexibility index (Phi) is 1.09. The van der Waals surface area contributed by atoms with Gasteiger partial charge in [-0.2, -0.15) is 0 Å². The van der Waals surface area contributed by atoms with Crippen LogP contribution in [-0.4, -0.2) is 12.5 Å². The quantitative estimate of drug-likeness (QED) is 0.478. The van der Waals surface area contributed by atoms with E-state index in [9.17, 15) is 4.79 Å². The Morgan fingerprint density at radius 3 is 2.27 bits per heavy atom. The summed E-state index contributed by atoms with van der Waals surface area (Å²) < 4.78 is 0. The minimum absolute atomic E-state index is 0.506. The van der Waals surface area contributed by atoms with Crippen LogP contribution in [0.1, 0.15) is 12.8 Å². The first-order chi connectivity index (χ1) is 5.33. The van der Waals surface area contributed by atoms with E-state index in [-0.39, 0.29) is 0 Å². The second-order valence-corrected chi connectivity index (χ2v) is 4.71. The van der Waals surface area contributed by atoms with Gasteiger partial charge in [0.1, 0.15) is 12.5 Å². The summed E-state index contributed by atoms with van der Waals surface area (Å²) in [4.78, 5) is 11.6. The molecule has 2 heteroatoms. The number of carbonyl (C=O) groups excluding carboxylic acids is 1. The zero-order chi connectivity index (χ0) is 7.42. The lowest BCUT2D eigenvalue weighted by atomic mass is 9.27. The van der Waals surface area contributed by atoms with Crippen LogP contribution in [0, 0.1) is 17.8 Å². The fraction of sp³-hybridized carbons (Fsp3) is 0.889. The van der Waals surface area contributed by atoms with Crippen molar-refractivity contribution >= 4 is 12.5 Å². The average molecular weight is 148 g/mol. The monoisotopic (exact) mass is 148 g/mol. The molecule has 0 radical (unpaired) electrons. The number of carbonyl (C=O) groups is 1. The van der Waals surface area contributed by atoms with E-state index in [1.807, 2.05) is 0 Å². The molecule has 0 aromatic rings. The highest BCUT2D eigenvalue weighted by Gasteiger charge is 2.48. The van der Waals surface area contributed by atoms with Crippen LogP contribution in [0.4, 0.5) is 0 Å². The molecule has 4 fully saturated rings. The molecule has 58 valence electrons. The van der Waals surface area contributed by atoms with Crippen LogP contribution in [0.5, 0.6) is 0 Å². The Balaban J connectivity index is 1.96. The molecule has 0 aromatic carbocycles. The first kappa shape index (κ1) is 6.27. The number of rotatable bonds is 0. The van der Waals surface area contributed by atoms with Gasteiger partial charge in [-0.05, 0) is 18.8 Å². The van der Waals surface area contributed by atoms with Gasteiger partial charge in [0.15, 0.2) is 0 Å². The normalized spacial score (nSPS) is 47.1. The number of hydrogen-bond acceptors (Lipinski definition) is 1. The van der Waals surface area contributed by atoms with Gasteiger partial charge in [-0.25, -0.2) is 0 Å². The van der Waals surface area contributed by atoms with Crippen LogP contribution < -0.4 is 0 Å². The minimum atomic E-state index is 0.506. The molecule has 11 heavy (non-hydrogen) atoms. The molecule has 4 bridgehead atoms. The first-order valence-electron chi connectivity index (χ1n) is 4.86. The van der Waals surface area contributed by atoms with Gasteiger partial charge >= 0.3 is 0 Å². The highest BCUT2D eigenvalue weighted by atomic mass is 16.1. The van der Waals surface area contributed by atoms with Crippen molar-refractivity contribution in [2.45, 2.75) is 31.8 Å². The van der Waals surface area contributed by atoms with Crippen molar-refractivity contribution < 1.29 is 4.79 Å². The molecule has 3 aliphatic heterocycles. The fourth-order valence-corrected chi connectivity index (χ4v) is 3.65. The van der Waals surface area contributed by atoms with Gasteiger partial charge in [0, 0.05) is 11.8 Å². The Morgan fingerprint density at radius 1 is 1.09 bits per heavy atom. The highest BCUT2D eigenvalue weighted by Crippen LogP contribution is 2.49. The lowest BCUT2D eigenvalue weighted by molar-refractivity contribution is -0.130. The lowest BCUT2D eigenvalue weighted by Gasteiger charge is -2.47. The van der Waals surface area contributed by atoms with E-state index in [1.165, 1.54) is 31.8 Å². The van der Waals surface area contributed by atoms with Gasteiger partial charge in [-0.1, -0.05) is 19.0 Å². The third kappa shape index (κ3) is 0.757. The van der Waals surface area contributed by atoms with E-state index >= 15 is 0 Å². The van der Waals surface area contributed by atoms with Crippen molar-refractivity contribution in [3.8, 4) is 0 Å². The van der Waals surface area contributed by atoms with E-state index in [0.29, 0.717) is 17.6 Å². The van der Waals surface area contributed by atoms with Gasteiger partial charge in [-0.3, -0.25) is 4.79 Å². The first-order valence-corrected chi connectivity index (χ1v) is 4.86. The molecule has 1 unspecified atom stereocenters. The zero-order valence-corrected chi connectivity index (χ0v) is 6.75. The third-order valence-corrected chi connectivity index (χ3v) is 3.94. The molecular formula is C9H13BO. The molecular weight excluding hydrogens is 135 g/mol. The van der Waals surface area contributed by atoms with Crippen molar-refractivity contribution in [2.24, 2.45) is 17.8 Å². The predicted octanol–water partition coefficient (Wildman–Crippen LogP) is 1.72. The Bertz CT molecular complexity index is 182. The van der Waals surface area contributed by atoms with Gasteiger partial charge in [0.05, 0.1) is 0 Å². The maximum Gasteiger partial charge on any atom is 0.141 e. The molecule has 4 aliphatic rings. The maximum absolute atomic E-state index is 11.6. The van der Waals surface area contributed by atoms with Crippen LogP contribution in [-0.2, 0) is 4.79 Å². The second kappa shape index (κ2) is 1.91. The third-order valence-electron chi connectivity index (χ3n) is 3.94. The summed E-state index contributed by atoms with van der Waals surface area (Å²) in [6, 6.07) is 0. The Morgan fingerprint density at radius 2 is 1.73 bits per heavy atom. The smallest absolute Gasteiger partial charge is 0.141 e. The molecule has 4 rings (SSSR count). The Hall–Kier alpha value is -0.265. The van der Waals surface area contributed by atoms with Gasteiger partial charge < -0.3 is 0 Å². The van der Waals surface area contributed by atoms with Crippen molar-refractivity contribution in [1.82, 2.24) is 0 Å². The molecule has 3 saturated heterocycles. The SMILES string of the molecule is O=C1[C@@H]2CB3CC(C2)C[C@@H]1C3. The van der Waals surface area contributed by atoms with E-state index in [0.717, 1.165) is 12.6 Å². The summed E-state index contributed by atoms with van der Waals surface area (Å²) in [5.41, 5.74) is 0. The molecule has 0 aromatic heterocycles. The van der Waals surface area contributed by atoms with Gasteiger partial charge in [-0.15, -0.1) is 0 Å². The zero-order valence-electron chi connectivity index (χ0n) is 6.75. The Labute approximate surface area is 67.6 Å². The highest BCUT2D eigenvalue weighted by molar-refractivity contribution is 6.61.